The lowest BCUT2D eigenvalue weighted by molar-refractivity contribution is -0.123. The Bertz CT molecular complexity index is 1250. The van der Waals surface area contributed by atoms with E-state index in [0.29, 0.717) is 37.6 Å². The van der Waals surface area contributed by atoms with E-state index in [-0.39, 0.29) is 17.9 Å². The maximum absolute atomic E-state index is 12.5. The van der Waals surface area contributed by atoms with Gasteiger partial charge in [0.25, 0.3) is 5.91 Å². The van der Waals surface area contributed by atoms with Crippen molar-refractivity contribution in [2.75, 3.05) is 13.2 Å². The summed E-state index contributed by atoms with van der Waals surface area (Å²) in [5, 5.41) is 4.24. The van der Waals surface area contributed by atoms with Crippen LogP contribution in [-0.2, 0) is 4.79 Å². The third kappa shape index (κ3) is 7.79. The Balaban J connectivity index is 1.62. The average Bonchev–Trinajstić information content (AvgIpc) is 2.80. The fourth-order valence-electron chi connectivity index (χ4n) is 2.75. The summed E-state index contributed by atoms with van der Waals surface area (Å²) in [5.41, 5.74) is 3.26. The topological polar surface area (TPSA) is 86.2 Å². The predicted molar refractivity (Wildman–Crippen MR) is 145 cm³/mol. The lowest BCUT2D eigenvalue weighted by atomic mass is 10.2. The Morgan fingerprint density at radius 1 is 1.00 bits per heavy atom. The number of hydrogen-bond donors (Lipinski definition) is 1. The van der Waals surface area contributed by atoms with E-state index in [9.17, 15) is 9.59 Å². The van der Waals surface area contributed by atoms with Gasteiger partial charge in [0, 0.05) is 4.47 Å². The molecule has 0 fully saturated rings. The molecule has 7 nitrogen and oxygen atoms in total. The maximum Gasteiger partial charge on any atom is 0.345 e. The number of nitrogens with one attached hydrogen (secondary N) is 1. The van der Waals surface area contributed by atoms with Crippen LogP contribution in [0.2, 0.25) is 5.02 Å². The van der Waals surface area contributed by atoms with Crippen LogP contribution in [0.1, 0.15) is 22.8 Å². The summed E-state index contributed by atoms with van der Waals surface area (Å²) in [6, 6.07) is 15.1. The molecule has 0 atom stereocenters. The van der Waals surface area contributed by atoms with Gasteiger partial charge in [0.1, 0.15) is 5.75 Å². The second kappa shape index (κ2) is 13.1. The molecule has 1 N–H and O–H groups in total. The van der Waals surface area contributed by atoms with Crippen LogP contribution in [-0.4, -0.2) is 31.3 Å². The lowest BCUT2D eigenvalue weighted by Gasteiger charge is -2.12. The first kappa shape index (κ1) is 27.2. The molecule has 0 saturated heterocycles. The highest BCUT2D eigenvalue weighted by Crippen LogP contribution is 2.36. The van der Waals surface area contributed by atoms with E-state index >= 15 is 0 Å². The smallest absolute Gasteiger partial charge is 0.345 e. The predicted octanol–water partition coefficient (Wildman–Crippen LogP) is 6.77. The van der Waals surface area contributed by atoms with E-state index < -0.39 is 11.9 Å². The Morgan fingerprint density at radius 3 is 2.40 bits per heavy atom. The number of carbonyl (C=O) groups excluding carboxylic acids is 2. The van der Waals surface area contributed by atoms with Crippen LogP contribution in [0.4, 0.5) is 0 Å². The van der Waals surface area contributed by atoms with Gasteiger partial charge in [-0.15, -0.1) is 0 Å². The number of halogens is 4. The Hall–Kier alpha value is -2.40. The molecule has 0 heterocycles. The minimum absolute atomic E-state index is 0.233. The van der Waals surface area contributed by atoms with Gasteiger partial charge in [0.15, 0.2) is 18.1 Å². The Kier molecular flexibility index (Phi) is 10.1. The molecule has 0 radical (unpaired) electrons. The summed E-state index contributed by atoms with van der Waals surface area (Å²) in [6.07, 6.45) is 1.44. The normalized spacial score (nSPS) is 10.8. The van der Waals surface area contributed by atoms with Crippen molar-refractivity contribution in [2.24, 2.45) is 5.10 Å². The molecule has 0 saturated carbocycles. The third-order valence-electron chi connectivity index (χ3n) is 4.28. The number of nitrogens with zero attached hydrogens (tertiary/aromatic N) is 1. The molecule has 0 aliphatic rings. The maximum atomic E-state index is 12.5. The van der Waals surface area contributed by atoms with Crippen molar-refractivity contribution < 1.29 is 23.8 Å². The number of ether oxygens (including phenoxy) is 3. The van der Waals surface area contributed by atoms with Crippen molar-refractivity contribution in [1.29, 1.82) is 0 Å². The second-order valence-electron chi connectivity index (χ2n) is 6.79. The highest BCUT2D eigenvalue weighted by Gasteiger charge is 2.16. The molecule has 0 unspecified atom stereocenters. The summed E-state index contributed by atoms with van der Waals surface area (Å²) in [6.45, 7) is 1.92. The molecule has 11 heteroatoms. The molecule has 0 bridgehead atoms. The van der Waals surface area contributed by atoms with Crippen LogP contribution in [0.5, 0.6) is 17.2 Å². The molecular weight excluding hydrogens is 671 g/mol. The minimum Gasteiger partial charge on any atom is -0.490 e. The zero-order valence-corrected chi connectivity index (χ0v) is 23.7. The number of hydrazone groups is 1. The van der Waals surface area contributed by atoms with E-state index in [1.165, 1.54) is 6.21 Å². The summed E-state index contributed by atoms with van der Waals surface area (Å²) >= 11 is 16.2. The first-order valence-corrected chi connectivity index (χ1v) is 12.9. The van der Waals surface area contributed by atoms with E-state index in [0.717, 1.165) is 4.47 Å². The quantitative estimate of drug-likeness (QED) is 0.116. The highest BCUT2D eigenvalue weighted by atomic mass is 79.9. The Morgan fingerprint density at radius 2 is 1.71 bits per heavy atom. The molecule has 35 heavy (non-hydrogen) atoms. The van der Waals surface area contributed by atoms with E-state index in [1.807, 2.05) is 19.1 Å². The number of hydrogen-bond acceptors (Lipinski definition) is 6. The lowest BCUT2D eigenvalue weighted by Crippen LogP contribution is -2.24. The number of rotatable bonds is 9. The van der Waals surface area contributed by atoms with E-state index in [4.69, 9.17) is 25.8 Å². The number of esters is 1. The largest absolute Gasteiger partial charge is 0.490 e. The van der Waals surface area contributed by atoms with Crippen molar-refractivity contribution >= 4 is 77.5 Å². The zero-order valence-electron chi connectivity index (χ0n) is 18.2. The number of amides is 1. The Labute approximate surface area is 232 Å². The van der Waals surface area contributed by atoms with Crippen molar-refractivity contribution in [1.82, 2.24) is 5.43 Å². The molecule has 0 aromatic heterocycles. The summed E-state index contributed by atoms with van der Waals surface area (Å²) in [4.78, 5) is 24.6. The summed E-state index contributed by atoms with van der Waals surface area (Å²) < 4.78 is 18.9. The van der Waals surface area contributed by atoms with Gasteiger partial charge >= 0.3 is 5.97 Å². The molecular formula is C24H18Br3ClN2O5. The molecule has 0 aliphatic heterocycles. The number of benzene rings is 3. The van der Waals surface area contributed by atoms with Gasteiger partial charge in [-0.05, 0) is 86.8 Å². The van der Waals surface area contributed by atoms with Crippen molar-refractivity contribution in [2.45, 2.75) is 6.92 Å². The van der Waals surface area contributed by atoms with Crippen molar-refractivity contribution in [3.8, 4) is 17.2 Å². The van der Waals surface area contributed by atoms with Crippen LogP contribution in [0, 0.1) is 0 Å². The molecule has 3 aromatic carbocycles. The fourth-order valence-corrected chi connectivity index (χ4v) is 5.46. The highest BCUT2D eigenvalue weighted by molar-refractivity contribution is 9.11. The molecule has 1 amide bonds. The number of carbonyl (C=O) groups is 2. The summed E-state index contributed by atoms with van der Waals surface area (Å²) in [5.74, 6) is 0.0247. The first-order chi connectivity index (χ1) is 16.8. The molecule has 0 spiro atoms. The van der Waals surface area contributed by atoms with Gasteiger partial charge < -0.3 is 14.2 Å². The van der Waals surface area contributed by atoms with Crippen LogP contribution in [0.15, 0.2) is 73.1 Å². The monoisotopic (exact) mass is 686 g/mol. The van der Waals surface area contributed by atoms with Crippen LogP contribution < -0.4 is 19.6 Å². The molecule has 3 aromatic rings. The SMILES string of the molecule is CCOc1cc(/C=N\NC(=O)COc2c(Br)cc(Br)cc2Br)ccc1OC(=O)c1ccccc1Cl. The van der Waals surface area contributed by atoms with Crippen LogP contribution in [0.3, 0.4) is 0 Å². The van der Waals surface area contributed by atoms with Gasteiger partial charge in [-0.3, -0.25) is 4.79 Å². The third-order valence-corrected chi connectivity index (χ3v) is 6.24. The standard InChI is InChI=1S/C24H18Br3ClN2O5/c1-2-33-21-9-14(7-8-20(21)35-24(32)16-5-3-4-6-19(16)28)12-29-30-22(31)13-34-23-17(26)10-15(25)11-18(23)27/h3-12H,2,13H2,1H3,(H,30,31)/b29-12-. The minimum atomic E-state index is -0.603. The van der Waals surface area contributed by atoms with Crippen molar-refractivity contribution in [3.05, 3.63) is 84.2 Å². The van der Waals surface area contributed by atoms with Crippen molar-refractivity contribution in [3.63, 3.8) is 0 Å². The summed E-state index contributed by atoms with van der Waals surface area (Å²) in [7, 11) is 0. The van der Waals surface area contributed by atoms with Crippen LogP contribution >= 0.6 is 59.4 Å². The van der Waals surface area contributed by atoms with Gasteiger partial charge in [-0.1, -0.05) is 39.7 Å². The van der Waals surface area contributed by atoms with Gasteiger partial charge in [-0.2, -0.15) is 5.10 Å². The fraction of sp³-hybridized carbons (Fsp3) is 0.125. The van der Waals surface area contributed by atoms with E-state index in [2.05, 4.69) is 58.3 Å². The van der Waals surface area contributed by atoms with Gasteiger partial charge in [0.2, 0.25) is 0 Å². The van der Waals surface area contributed by atoms with Crippen LogP contribution in [0.25, 0.3) is 0 Å². The first-order valence-electron chi connectivity index (χ1n) is 10.1. The van der Waals surface area contributed by atoms with E-state index in [1.54, 1.807) is 42.5 Å². The van der Waals surface area contributed by atoms with Gasteiger partial charge in [0.05, 0.1) is 32.4 Å². The molecule has 182 valence electrons. The molecule has 0 aliphatic carbocycles. The zero-order chi connectivity index (χ0) is 25.4. The average molecular weight is 690 g/mol. The van der Waals surface area contributed by atoms with Gasteiger partial charge in [-0.25, -0.2) is 10.2 Å². The second-order valence-corrected chi connectivity index (χ2v) is 9.82. The molecule has 3 rings (SSSR count).